The molecular formula is C24H38N4O6. The molecule has 1 saturated carbocycles. The van der Waals surface area contributed by atoms with Crippen LogP contribution in [-0.2, 0) is 14.2 Å². The molecule has 1 aliphatic carbocycles. The number of nitrogens with zero attached hydrogens (tertiary/aromatic N) is 3. The van der Waals surface area contributed by atoms with Crippen molar-refractivity contribution >= 4 is 12.1 Å². The lowest BCUT2D eigenvalue weighted by Crippen LogP contribution is -2.61. The molecule has 0 radical (unpaired) electrons. The molecular weight excluding hydrogens is 440 g/mol. The van der Waals surface area contributed by atoms with E-state index in [1.54, 1.807) is 14.2 Å². The van der Waals surface area contributed by atoms with Gasteiger partial charge in [0.15, 0.2) is 0 Å². The Bertz CT molecular complexity index is 924. The molecule has 10 heteroatoms. The summed E-state index contributed by atoms with van der Waals surface area (Å²) in [5, 5.41) is 21.4. The van der Waals surface area contributed by atoms with Gasteiger partial charge in [-0.1, -0.05) is 30.6 Å². The van der Waals surface area contributed by atoms with Crippen molar-refractivity contribution in [1.82, 2.24) is 15.1 Å². The minimum Gasteiger partial charge on any atom is -0.465 e. The predicted octanol–water partition coefficient (Wildman–Crippen LogP) is 3.86. The maximum absolute atomic E-state index is 12.7. The first-order valence-corrected chi connectivity index (χ1v) is 12.1. The smallest absolute Gasteiger partial charge is 0.408 e. The largest absolute Gasteiger partial charge is 0.465 e. The molecule has 2 N–H and O–H groups in total. The number of methoxy groups -OCH3 is 1. The van der Waals surface area contributed by atoms with Crippen LogP contribution in [0.3, 0.4) is 0 Å². The lowest BCUT2D eigenvalue weighted by Gasteiger charge is -2.48. The number of hydrogen-bond donors (Lipinski definition) is 2. The van der Waals surface area contributed by atoms with Crippen molar-refractivity contribution in [2.24, 2.45) is 11.8 Å². The molecule has 1 spiro atoms. The maximum Gasteiger partial charge on any atom is 0.408 e. The van der Waals surface area contributed by atoms with Crippen molar-refractivity contribution < 1.29 is 28.5 Å². The van der Waals surface area contributed by atoms with Gasteiger partial charge in [-0.05, 0) is 46.0 Å². The van der Waals surface area contributed by atoms with Crippen molar-refractivity contribution in [3.05, 3.63) is 17.5 Å². The van der Waals surface area contributed by atoms with Crippen LogP contribution in [0.25, 0.3) is 0 Å². The highest BCUT2D eigenvalue weighted by Crippen LogP contribution is 2.60. The van der Waals surface area contributed by atoms with Crippen molar-refractivity contribution in [2.75, 3.05) is 26.1 Å². The van der Waals surface area contributed by atoms with Crippen LogP contribution >= 0.6 is 0 Å². The maximum atomic E-state index is 12.7. The summed E-state index contributed by atoms with van der Waals surface area (Å²) in [5.41, 5.74) is 0.480. The zero-order chi connectivity index (χ0) is 24.8. The predicted molar refractivity (Wildman–Crippen MR) is 125 cm³/mol. The first-order chi connectivity index (χ1) is 16.1. The number of hydrogen-bond acceptors (Lipinski definition) is 8. The minimum atomic E-state index is -1.04. The van der Waals surface area contributed by atoms with Gasteiger partial charge < -0.3 is 29.1 Å². The molecule has 3 fully saturated rings. The number of anilines is 1. The van der Waals surface area contributed by atoms with E-state index in [1.165, 1.54) is 10.5 Å². The highest BCUT2D eigenvalue weighted by molar-refractivity contribution is 5.66. The summed E-state index contributed by atoms with van der Waals surface area (Å²) in [6, 6.07) is -0.772. The Kier molecular flexibility index (Phi) is 6.69. The molecule has 1 aromatic rings. The summed E-state index contributed by atoms with van der Waals surface area (Å²) in [5.74, 6) is 0.0828. The lowest BCUT2D eigenvalue weighted by molar-refractivity contribution is -0.103. The van der Waals surface area contributed by atoms with E-state index >= 15 is 0 Å². The van der Waals surface area contributed by atoms with E-state index in [4.69, 9.17) is 18.6 Å². The molecule has 3 heterocycles. The molecule has 3 aliphatic rings. The molecule has 190 valence electrons. The van der Waals surface area contributed by atoms with Crippen LogP contribution in [0.15, 0.2) is 16.1 Å². The number of amides is 1. The molecule has 1 aromatic heterocycles. The Morgan fingerprint density at radius 2 is 2.09 bits per heavy atom. The summed E-state index contributed by atoms with van der Waals surface area (Å²) < 4.78 is 24.2. The van der Waals surface area contributed by atoms with Crippen LogP contribution < -0.4 is 5.32 Å². The quantitative estimate of drug-likeness (QED) is 0.402. The second-order valence-corrected chi connectivity index (χ2v) is 10.5. The molecule has 2 saturated heterocycles. The molecule has 1 unspecified atom stereocenters. The van der Waals surface area contributed by atoms with Gasteiger partial charge >= 0.3 is 12.1 Å². The Balaban J connectivity index is 1.68. The third kappa shape index (κ3) is 4.31. The summed E-state index contributed by atoms with van der Waals surface area (Å²) in [6.45, 7) is 10.8. The van der Waals surface area contributed by atoms with Crippen molar-refractivity contribution in [1.29, 1.82) is 0 Å². The Labute approximate surface area is 201 Å². The van der Waals surface area contributed by atoms with E-state index < -0.39 is 29.9 Å². The molecule has 4 rings (SSSR count). The van der Waals surface area contributed by atoms with Crippen LogP contribution in [0, 0.1) is 11.8 Å². The summed E-state index contributed by atoms with van der Waals surface area (Å²) in [4.78, 5) is 14.2. The first-order valence-electron chi connectivity index (χ1n) is 12.1. The second-order valence-electron chi connectivity index (χ2n) is 10.5. The zero-order valence-corrected chi connectivity index (χ0v) is 21.2. The van der Waals surface area contributed by atoms with Gasteiger partial charge in [-0.3, -0.25) is 4.90 Å². The Morgan fingerprint density at radius 3 is 2.59 bits per heavy atom. The Morgan fingerprint density at radius 1 is 1.38 bits per heavy atom. The number of carboxylic acid groups (broad SMARTS) is 1. The van der Waals surface area contributed by atoms with E-state index in [1.807, 2.05) is 13.8 Å². The number of allylic oxidation sites excluding steroid dienone is 1. The van der Waals surface area contributed by atoms with Crippen LogP contribution in [0.5, 0.6) is 0 Å². The van der Waals surface area contributed by atoms with Crippen LogP contribution in [0.1, 0.15) is 65.8 Å². The zero-order valence-electron chi connectivity index (χ0n) is 21.2. The van der Waals surface area contributed by atoms with Gasteiger partial charge in [0.05, 0.1) is 30.5 Å². The third-order valence-corrected chi connectivity index (χ3v) is 7.68. The molecule has 0 aromatic carbocycles. The van der Waals surface area contributed by atoms with Gasteiger partial charge in [0.1, 0.15) is 11.6 Å². The van der Waals surface area contributed by atoms with Gasteiger partial charge in [-0.25, -0.2) is 4.79 Å². The van der Waals surface area contributed by atoms with Crippen LogP contribution in [0.2, 0.25) is 0 Å². The number of nitrogens with one attached hydrogen (secondary N) is 1. The van der Waals surface area contributed by atoms with E-state index in [-0.39, 0.29) is 35.4 Å². The van der Waals surface area contributed by atoms with Gasteiger partial charge in [0, 0.05) is 20.1 Å². The first kappa shape index (κ1) is 24.9. The lowest BCUT2D eigenvalue weighted by atomic mass is 9.67. The fourth-order valence-electron chi connectivity index (χ4n) is 5.91. The minimum absolute atomic E-state index is 0.0539. The monoisotopic (exact) mass is 478 g/mol. The number of aromatic nitrogens is 2. The van der Waals surface area contributed by atoms with Gasteiger partial charge in [0.25, 0.3) is 0 Å². The fraction of sp³-hybridized carbons (Fsp3) is 0.792. The number of epoxide rings is 2. The summed E-state index contributed by atoms with van der Waals surface area (Å²) in [6.07, 6.45) is 2.98. The van der Waals surface area contributed by atoms with Gasteiger partial charge in [-0.2, -0.15) is 0 Å². The van der Waals surface area contributed by atoms with Crippen molar-refractivity contribution in [3.63, 3.8) is 0 Å². The van der Waals surface area contributed by atoms with Crippen LogP contribution in [0.4, 0.5) is 10.8 Å². The standard InChI is InChI=1S/C24H38N4O6/c1-13(2)8-9-16-23(5,34-16)19-18(31-7)15(10-11-24(19)12-32-24)28(22(29)30)17(14(3)4)20-26-27-21(25-6)33-20/h8,14-19H,9-12H2,1-7H3,(H,25,27)(H,29,30)/t15-,16-,17?,18-,19-,23+,24+/m1/s1. The average molecular weight is 479 g/mol. The van der Waals surface area contributed by atoms with Gasteiger partial charge in [0.2, 0.25) is 5.89 Å². The molecule has 0 bridgehead atoms. The van der Waals surface area contributed by atoms with Crippen LogP contribution in [-0.4, -0.2) is 76.5 Å². The molecule has 34 heavy (non-hydrogen) atoms. The number of rotatable bonds is 9. The number of carbonyl (C=O) groups is 1. The van der Waals surface area contributed by atoms with E-state index in [2.05, 4.69) is 42.4 Å². The Hall–Kier alpha value is -2.17. The molecule has 2 aliphatic heterocycles. The second kappa shape index (κ2) is 9.13. The van der Waals surface area contributed by atoms with E-state index in [0.717, 1.165) is 12.8 Å². The third-order valence-electron chi connectivity index (χ3n) is 7.68. The average Bonchev–Trinajstić information content (AvgIpc) is 3.63. The normalized spacial score (nSPS) is 35.2. The molecule has 1 amide bonds. The SMILES string of the molecule is CNc1nnc(C(C(C)C)N(C(=O)O)[C@@H]2CC[C@]3(CO3)[C@@H]([C@@]3(C)O[C@@H]3CC=C(C)C)[C@@H]2OC)o1. The highest BCUT2D eigenvalue weighted by Gasteiger charge is 2.72. The topological polar surface area (TPSA) is 126 Å². The van der Waals surface area contributed by atoms with Crippen molar-refractivity contribution in [2.45, 2.75) is 89.4 Å². The van der Waals surface area contributed by atoms with E-state index in [0.29, 0.717) is 13.0 Å². The summed E-state index contributed by atoms with van der Waals surface area (Å²) >= 11 is 0. The highest BCUT2D eigenvalue weighted by atomic mass is 16.6. The van der Waals surface area contributed by atoms with E-state index in [9.17, 15) is 9.90 Å². The molecule has 7 atom stereocenters. The van der Waals surface area contributed by atoms with Crippen molar-refractivity contribution in [3.8, 4) is 0 Å². The summed E-state index contributed by atoms with van der Waals surface area (Å²) in [7, 11) is 3.33. The fourth-order valence-corrected chi connectivity index (χ4v) is 5.91. The molecule has 10 nitrogen and oxygen atoms in total. The number of ether oxygens (including phenoxy) is 3. The van der Waals surface area contributed by atoms with Gasteiger partial charge in [-0.15, -0.1) is 5.10 Å².